The minimum Gasteiger partial charge on any atom is -0.352 e. The molecular weight excluding hydrogens is 404 g/mol. The van der Waals surface area contributed by atoms with Crippen LogP contribution in [0.1, 0.15) is 51.4 Å². The van der Waals surface area contributed by atoms with E-state index in [-0.39, 0.29) is 11.8 Å². The van der Waals surface area contributed by atoms with Crippen LogP contribution in [0.3, 0.4) is 0 Å². The van der Waals surface area contributed by atoms with Crippen molar-refractivity contribution in [3.63, 3.8) is 0 Å². The van der Waals surface area contributed by atoms with Gasteiger partial charge in [0.25, 0.3) is 0 Å². The van der Waals surface area contributed by atoms with Crippen molar-refractivity contribution in [3.8, 4) is 0 Å². The number of fused-ring (bicyclic) bond motifs is 1. The maximum atomic E-state index is 13.0. The number of hydrogen-bond donors (Lipinski definition) is 1. The maximum Gasteiger partial charge on any atom is 0.224 e. The lowest BCUT2D eigenvalue weighted by Crippen LogP contribution is -2.24. The molecule has 0 unspecified atom stereocenters. The number of benzene rings is 3. The van der Waals surface area contributed by atoms with E-state index in [1.807, 2.05) is 6.07 Å². The molecule has 1 aliphatic carbocycles. The maximum absolute atomic E-state index is 13.0. The number of para-hydroxylation sites is 1. The Morgan fingerprint density at radius 1 is 0.939 bits per heavy atom. The summed E-state index contributed by atoms with van der Waals surface area (Å²) in [6.07, 6.45) is 0.929. The van der Waals surface area contributed by atoms with Gasteiger partial charge in [0.1, 0.15) is 0 Å². The molecule has 1 N–H and O–H groups in total. The molecule has 2 atom stereocenters. The summed E-state index contributed by atoms with van der Waals surface area (Å²) >= 11 is 0. The summed E-state index contributed by atoms with van der Waals surface area (Å²) < 4.78 is 2.44. The first-order chi connectivity index (χ1) is 15.9. The van der Waals surface area contributed by atoms with E-state index < -0.39 is 0 Å². The first-order valence-electron chi connectivity index (χ1n) is 11.9. The molecule has 1 saturated carbocycles. The molecule has 0 spiro atoms. The minimum absolute atomic E-state index is 0.0634. The molecule has 0 bridgehead atoms. The van der Waals surface area contributed by atoms with Crippen molar-refractivity contribution >= 4 is 16.8 Å². The zero-order chi connectivity index (χ0) is 23.1. The van der Waals surface area contributed by atoms with Gasteiger partial charge in [-0.15, -0.1) is 0 Å². The van der Waals surface area contributed by atoms with Crippen LogP contribution in [0.25, 0.3) is 10.9 Å². The smallest absolute Gasteiger partial charge is 0.224 e. The molecule has 0 saturated heterocycles. The van der Waals surface area contributed by atoms with Crippen molar-refractivity contribution in [2.75, 3.05) is 0 Å². The van der Waals surface area contributed by atoms with Crippen molar-refractivity contribution in [1.82, 2.24) is 9.88 Å². The third-order valence-electron chi connectivity index (χ3n) is 7.16. The fourth-order valence-electron chi connectivity index (χ4n) is 5.22. The Kier molecular flexibility index (Phi) is 5.57. The number of carbonyl (C=O) groups is 1. The highest BCUT2D eigenvalue weighted by Crippen LogP contribution is 2.51. The van der Waals surface area contributed by atoms with Gasteiger partial charge in [-0.1, -0.05) is 71.8 Å². The fraction of sp³-hybridized carbons (Fsp3) is 0.300. The number of nitrogens with zero attached hydrogens (tertiary/aromatic N) is 1. The van der Waals surface area contributed by atoms with Crippen molar-refractivity contribution in [2.24, 2.45) is 5.92 Å². The zero-order valence-electron chi connectivity index (χ0n) is 20.0. The van der Waals surface area contributed by atoms with Gasteiger partial charge in [0, 0.05) is 35.6 Å². The number of nitrogens with one attached hydrogen (secondary N) is 1. The SMILES string of the molecule is Cc1cccc(CNC(=O)[C@H]2C[C@@H]2c2c(C)n(Cc3cc(C)ccc3C)c3ccccc23)c1. The van der Waals surface area contributed by atoms with Crippen LogP contribution in [0.4, 0.5) is 0 Å². The monoisotopic (exact) mass is 436 g/mol. The Balaban J connectivity index is 1.40. The molecule has 33 heavy (non-hydrogen) atoms. The second-order valence-corrected chi connectivity index (χ2v) is 9.69. The molecule has 3 aromatic carbocycles. The van der Waals surface area contributed by atoms with E-state index in [4.69, 9.17) is 0 Å². The average Bonchev–Trinajstić information content (AvgIpc) is 3.54. The number of aryl methyl sites for hydroxylation is 3. The first kappa shape index (κ1) is 21.5. The number of aromatic nitrogens is 1. The fourth-order valence-corrected chi connectivity index (χ4v) is 5.22. The predicted octanol–water partition coefficient (Wildman–Crippen LogP) is 6.34. The average molecular weight is 437 g/mol. The Morgan fingerprint density at radius 2 is 1.73 bits per heavy atom. The van der Waals surface area contributed by atoms with Gasteiger partial charge in [-0.05, 0) is 68.4 Å². The lowest BCUT2D eigenvalue weighted by Gasteiger charge is -2.12. The molecule has 1 fully saturated rings. The van der Waals surface area contributed by atoms with Crippen LogP contribution < -0.4 is 5.32 Å². The van der Waals surface area contributed by atoms with Crippen LogP contribution in [0, 0.1) is 33.6 Å². The third kappa shape index (κ3) is 4.20. The summed E-state index contributed by atoms with van der Waals surface area (Å²) in [6.45, 7) is 10.1. The van der Waals surface area contributed by atoms with Crippen LogP contribution >= 0.6 is 0 Å². The van der Waals surface area contributed by atoms with Gasteiger partial charge in [-0.2, -0.15) is 0 Å². The van der Waals surface area contributed by atoms with Gasteiger partial charge in [0.15, 0.2) is 0 Å². The van der Waals surface area contributed by atoms with E-state index in [0.717, 1.165) is 18.5 Å². The Hall–Kier alpha value is -3.33. The molecule has 3 heteroatoms. The van der Waals surface area contributed by atoms with Crippen molar-refractivity contribution in [1.29, 1.82) is 0 Å². The van der Waals surface area contributed by atoms with Gasteiger partial charge in [0.05, 0.1) is 0 Å². The summed E-state index contributed by atoms with van der Waals surface area (Å²) in [5.74, 6) is 0.535. The highest BCUT2D eigenvalue weighted by molar-refractivity contribution is 5.90. The first-order valence-corrected chi connectivity index (χ1v) is 11.9. The van der Waals surface area contributed by atoms with Crippen molar-refractivity contribution < 1.29 is 4.79 Å². The Morgan fingerprint density at radius 3 is 2.55 bits per heavy atom. The van der Waals surface area contributed by atoms with E-state index in [0.29, 0.717) is 12.5 Å². The number of hydrogen-bond acceptors (Lipinski definition) is 1. The molecule has 3 nitrogen and oxygen atoms in total. The Labute approximate surface area is 196 Å². The number of carbonyl (C=O) groups excluding carboxylic acids is 1. The normalized spacial score (nSPS) is 17.3. The van der Waals surface area contributed by atoms with E-state index in [1.165, 1.54) is 44.4 Å². The minimum atomic E-state index is 0.0634. The molecular formula is C30H32N2O. The molecule has 1 amide bonds. The zero-order valence-corrected chi connectivity index (χ0v) is 20.0. The number of amides is 1. The van der Waals surface area contributed by atoms with E-state index in [1.54, 1.807) is 0 Å². The largest absolute Gasteiger partial charge is 0.352 e. The lowest BCUT2D eigenvalue weighted by atomic mass is 10.0. The molecule has 1 aliphatic rings. The molecule has 0 aliphatic heterocycles. The third-order valence-corrected chi connectivity index (χ3v) is 7.16. The molecule has 1 heterocycles. The van der Waals surface area contributed by atoms with E-state index in [2.05, 4.69) is 98.2 Å². The van der Waals surface area contributed by atoms with Gasteiger partial charge in [0.2, 0.25) is 5.91 Å². The second-order valence-electron chi connectivity index (χ2n) is 9.69. The summed E-state index contributed by atoms with van der Waals surface area (Å²) in [7, 11) is 0. The van der Waals surface area contributed by atoms with Crippen LogP contribution in [0.2, 0.25) is 0 Å². The van der Waals surface area contributed by atoms with Gasteiger partial charge in [-0.3, -0.25) is 4.79 Å². The van der Waals surface area contributed by atoms with Crippen molar-refractivity contribution in [2.45, 2.75) is 53.1 Å². The molecule has 4 aromatic rings. The topological polar surface area (TPSA) is 34.0 Å². The number of rotatable bonds is 6. The quantitative estimate of drug-likeness (QED) is 0.376. The standard InChI is InChI=1S/C30H32N2O/c1-19-8-7-9-23(14-19)17-31-30(33)27-16-26(27)29-22(4)32(28-11-6-5-10-25(28)29)18-24-15-20(2)12-13-21(24)3/h5-15,26-27H,16-18H2,1-4H3,(H,31,33)/t26-,27-/m0/s1. The highest BCUT2D eigenvalue weighted by Gasteiger charge is 2.46. The van der Waals surface area contributed by atoms with Gasteiger partial charge >= 0.3 is 0 Å². The van der Waals surface area contributed by atoms with Gasteiger partial charge in [-0.25, -0.2) is 0 Å². The summed E-state index contributed by atoms with van der Waals surface area (Å²) in [4.78, 5) is 13.0. The molecule has 1 aromatic heterocycles. The van der Waals surface area contributed by atoms with Gasteiger partial charge < -0.3 is 9.88 Å². The lowest BCUT2D eigenvalue weighted by molar-refractivity contribution is -0.122. The van der Waals surface area contributed by atoms with Crippen molar-refractivity contribution in [3.05, 3.63) is 106 Å². The summed E-state index contributed by atoms with van der Waals surface area (Å²) in [5.41, 5.74) is 10.2. The van der Waals surface area contributed by atoms with Crippen LogP contribution in [-0.2, 0) is 17.9 Å². The summed E-state index contributed by atoms with van der Waals surface area (Å²) in [5, 5.41) is 4.46. The van der Waals surface area contributed by atoms with E-state index >= 15 is 0 Å². The van der Waals surface area contributed by atoms with Crippen LogP contribution in [0.15, 0.2) is 66.7 Å². The second kappa shape index (κ2) is 8.55. The van der Waals surface area contributed by atoms with Crippen LogP contribution in [-0.4, -0.2) is 10.5 Å². The summed E-state index contributed by atoms with van der Waals surface area (Å²) in [6, 6.07) is 23.7. The Bertz CT molecular complexity index is 1350. The van der Waals surface area contributed by atoms with E-state index in [9.17, 15) is 4.79 Å². The molecule has 0 radical (unpaired) electrons. The predicted molar refractivity (Wildman–Crippen MR) is 136 cm³/mol. The molecule has 168 valence electrons. The van der Waals surface area contributed by atoms with Crippen LogP contribution in [0.5, 0.6) is 0 Å². The molecule has 5 rings (SSSR count). The highest BCUT2D eigenvalue weighted by atomic mass is 16.2.